The Labute approximate surface area is 67.2 Å². The lowest BCUT2D eigenvalue weighted by Crippen LogP contribution is -2.32. The van der Waals surface area contributed by atoms with Gasteiger partial charge in [-0.2, -0.15) is 0 Å². The van der Waals surface area contributed by atoms with E-state index in [2.05, 4.69) is 15.6 Å². The van der Waals surface area contributed by atoms with Crippen LogP contribution in [0.25, 0.3) is 0 Å². The third-order valence-electron chi connectivity index (χ3n) is 1.31. The van der Waals surface area contributed by atoms with Crippen molar-refractivity contribution >= 4 is 5.96 Å². The highest BCUT2D eigenvalue weighted by Gasteiger charge is 2.01. The Balaban J connectivity index is 3.67. The van der Waals surface area contributed by atoms with Crippen LogP contribution in [0.2, 0.25) is 0 Å². The number of hydrogen-bond acceptors (Lipinski definition) is 3. The summed E-state index contributed by atoms with van der Waals surface area (Å²) in [6.07, 6.45) is 0.901. The van der Waals surface area contributed by atoms with Gasteiger partial charge in [0.2, 0.25) is 0 Å². The SMILES string of the molecule is CNCCC(N=C(N)N)NC. The Morgan fingerprint density at radius 2 is 2.09 bits per heavy atom. The molecule has 1 unspecified atom stereocenters. The van der Waals surface area contributed by atoms with Crippen molar-refractivity contribution in [1.29, 1.82) is 0 Å². The first kappa shape index (κ1) is 10.2. The molecular formula is C6H17N5. The van der Waals surface area contributed by atoms with Crippen molar-refractivity contribution in [1.82, 2.24) is 10.6 Å². The molecule has 0 radical (unpaired) electrons. The molecule has 0 amide bonds. The summed E-state index contributed by atoms with van der Waals surface area (Å²) in [7, 11) is 3.72. The molecular weight excluding hydrogens is 142 g/mol. The highest BCUT2D eigenvalue weighted by Crippen LogP contribution is 1.89. The standard InChI is InChI=1S/C6H17N5/c1-9-4-3-5(10-2)11-6(7)8/h5,9-10H,3-4H2,1-2H3,(H4,7,8,11). The van der Waals surface area contributed by atoms with Gasteiger partial charge in [-0.15, -0.1) is 0 Å². The van der Waals surface area contributed by atoms with Gasteiger partial charge in [0.15, 0.2) is 5.96 Å². The lowest BCUT2D eigenvalue weighted by molar-refractivity contribution is 0.529. The second kappa shape index (κ2) is 5.94. The lowest BCUT2D eigenvalue weighted by Gasteiger charge is -2.10. The van der Waals surface area contributed by atoms with Crippen molar-refractivity contribution in [3.05, 3.63) is 0 Å². The van der Waals surface area contributed by atoms with Crippen LogP contribution in [0.3, 0.4) is 0 Å². The zero-order chi connectivity index (χ0) is 8.69. The van der Waals surface area contributed by atoms with Crippen LogP contribution >= 0.6 is 0 Å². The van der Waals surface area contributed by atoms with Gasteiger partial charge in [0.05, 0.1) is 0 Å². The maximum Gasteiger partial charge on any atom is 0.187 e. The van der Waals surface area contributed by atoms with Crippen LogP contribution < -0.4 is 22.1 Å². The van der Waals surface area contributed by atoms with Gasteiger partial charge >= 0.3 is 0 Å². The van der Waals surface area contributed by atoms with Crippen molar-refractivity contribution < 1.29 is 0 Å². The molecule has 0 aromatic heterocycles. The molecule has 0 rings (SSSR count). The number of rotatable bonds is 5. The first-order valence-corrected chi connectivity index (χ1v) is 3.61. The second-order valence-corrected chi connectivity index (χ2v) is 2.25. The quantitative estimate of drug-likeness (QED) is 0.288. The van der Waals surface area contributed by atoms with Crippen LogP contribution in [0, 0.1) is 0 Å². The molecule has 0 aliphatic heterocycles. The molecule has 66 valence electrons. The smallest absolute Gasteiger partial charge is 0.187 e. The van der Waals surface area contributed by atoms with E-state index in [1.807, 2.05) is 14.1 Å². The summed E-state index contributed by atoms with van der Waals surface area (Å²) < 4.78 is 0. The molecule has 0 aromatic carbocycles. The summed E-state index contributed by atoms with van der Waals surface area (Å²) in [5.74, 6) is 0.125. The van der Waals surface area contributed by atoms with Crippen LogP contribution in [-0.2, 0) is 0 Å². The molecule has 0 saturated carbocycles. The van der Waals surface area contributed by atoms with Crippen LogP contribution in [0.15, 0.2) is 4.99 Å². The van der Waals surface area contributed by atoms with Gasteiger partial charge in [-0.3, -0.25) is 5.32 Å². The molecule has 0 saturated heterocycles. The van der Waals surface area contributed by atoms with E-state index < -0.39 is 0 Å². The summed E-state index contributed by atoms with van der Waals surface area (Å²) in [5.41, 5.74) is 10.4. The molecule has 0 heterocycles. The lowest BCUT2D eigenvalue weighted by atomic mass is 10.3. The minimum Gasteiger partial charge on any atom is -0.370 e. The zero-order valence-corrected chi connectivity index (χ0v) is 7.09. The first-order valence-electron chi connectivity index (χ1n) is 3.61. The summed E-state index contributed by atoms with van der Waals surface area (Å²) >= 11 is 0. The number of guanidine groups is 1. The topological polar surface area (TPSA) is 88.5 Å². The number of nitrogens with two attached hydrogens (primary N) is 2. The molecule has 0 aliphatic rings. The van der Waals surface area contributed by atoms with Crippen molar-refractivity contribution in [2.45, 2.75) is 12.6 Å². The van der Waals surface area contributed by atoms with E-state index in [0.29, 0.717) is 0 Å². The van der Waals surface area contributed by atoms with E-state index in [0.717, 1.165) is 13.0 Å². The molecule has 6 N–H and O–H groups in total. The first-order chi connectivity index (χ1) is 5.20. The Bertz CT molecular complexity index is 118. The van der Waals surface area contributed by atoms with Gasteiger partial charge in [0.25, 0.3) is 0 Å². The molecule has 5 nitrogen and oxygen atoms in total. The van der Waals surface area contributed by atoms with E-state index in [4.69, 9.17) is 11.5 Å². The van der Waals surface area contributed by atoms with E-state index in [9.17, 15) is 0 Å². The average Bonchev–Trinajstić information content (AvgIpc) is 1.97. The van der Waals surface area contributed by atoms with Crippen LogP contribution in [0.5, 0.6) is 0 Å². The fourth-order valence-corrected chi connectivity index (χ4v) is 0.734. The highest BCUT2D eigenvalue weighted by molar-refractivity contribution is 5.75. The van der Waals surface area contributed by atoms with Gasteiger partial charge in [-0.25, -0.2) is 4.99 Å². The number of nitrogens with one attached hydrogen (secondary N) is 2. The molecule has 0 aliphatic carbocycles. The summed E-state index contributed by atoms with van der Waals surface area (Å²) in [5, 5.41) is 6.00. The molecule has 0 spiro atoms. The van der Waals surface area contributed by atoms with E-state index in [1.165, 1.54) is 0 Å². The second-order valence-electron chi connectivity index (χ2n) is 2.25. The van der Waals surface area contributed by atoms with Crippen LogP contribution in [0.4, 0.5) is 0 Å². The fourth-order valence-electron chi connectivity index (χ4n) is 0.734. The predicted molar refractivity (Wildman–Crippen MR) is 47.2 cm³/mol. The van der Waals surface area contributed by atoms with Crippen molar-refractivity contribution in [3.8, 4) is 0 Å². The molecule has 0 aromatic rings. The maximum absolute atomic E-state index is 5.21. The predicted octanol–water partition coefficient (Wildman–Crippen LogP) is -1.59. The Hall–Kier alpha value is -0.810. The van der Waals surface area contributed by atoms with Crippen molar-refractivity contribution in [2.24, 2.45) is 16.5 Å². The van der Waals surface area contributed by atoms with Gasteiger partial charge in [-0.05, 0) is 27.1 Å². The van der Waals surface area contributed by atoms with Crippen molar-refractivity contribution in [2.75, 3.05) is 20.6 Å². The molecule has 1 atom stereocenters. The fraction of sp³-hybridized carbons (Fsp3) is 0.833. The van der Waals surface area contributed by atoms with E-state index in [-0.39, 0.29) is 12.1 Å². The average molecular weight is 159 g/mol. The third-order valence-corrected chi connectivity index (χ3v) is 1.31. The number of aliphatic imine (C=N–C) groups is 1. The molecule has 0 bridgehead atoms. The van der Waals surface area contributed by atoms with Gasteiger partial charge in [0, 0.05) is 0 Å². The van der Waals surface area contributed by atoms with E-state index >= 15 is 0 Å². The Kier molecular flexibility index (Phi) is 5.50. The van der Waals surface area contributed by atoms with Crippen LogP contribution in [-0.4, -0.2) is 32.8 Å². The minimum absolute atomic E-state index is 0.0208. The zero-order valence-electron chi connectivity index (χ0n) is 7.09. The monoisotopic (exact) mass is 159 g/mol. The Morgan fingerprint density at radius 3 is 2.45 bits per heavy atom. The highest BCUT2D eigenvalue weighted by atomic mass is 15.1. The number of nitrogens with zero attached hydrogens (tertiary/aromatic N) is 1. The van der Waals surface area contributed by atoms with Crippen LogP contribution in [0.1, 0.15) is 6.42 Å². The normalized spacial score (nSPS) is 12.5. The summed E-state index contributed by atoms with van der Waals surface area (Å²) in [6.45, 7) is 0.891. The summed E-state index contributed by atoms with van der Waals surface area (Å²) in [6, 6.07) is 0. The molecule has 5 heteroatoms. The van der Waals surface area contributed by atoms with Gasteiger partial charge in [-0.1, -0.05) is 0 Å². The third kappa shape index (κ3) is 5.63. The largest absolute Gasteiger partial charge is 0.370 e. The molecule has 11 heavy (non-hydrogen) atoms. The van der Waals surface area contributed by atoms with Crippen molar-refractivity contribution in [3.63, 3.8) is 0 Å². The van der Waals surface area contributed by atoms with E-state index in [1.54, 1.807) is 0 Å². The van der Waals surface area contributed by atoms with Gasteiger partial charge < -0.3 is 16.8 Å². The number of hydrogen-bond donors (Lipinski definition) is 4. The summed E-state index contributed by atoms with van der Waals surface area (Å²) in [4.78, 5) is 3.95. The Morgan fingerprint density at radius 1 is 1.45 bits per heavy atom. The maximum atomic E-state index is 5.21. The molecule has 0 fully saturated rings. The minimum atomic E-state index is 0.0208. The van der Waals surface area contributed by atoms with Gasteiger partial charge in [0.1, 0.15) is 6.17 Å².